The second-order valence-corrected chi connectivity index (χ2v) is 6.27. The Morgan fingerprint density at radius 1 is 1.19 bits per heavy atom. The van der Waals surface area contributed by atoms with E-state index < -0.39 is 17.9 Å². The summed E-state index contributed by atoms with van der Waals surface area (Å²) in [5.74, 6) is -0.438. The zero-order chi connectivity index (χ0) is 18.5. The molecular formula is C17H17ClN4O4. The fourth-order valence-corrected chi connectivity index (χ4v) is 2.73. The number of hydrogen-bond donors (Lipinski definition) is 3. The maximum atomic E-state index is 12.2. The van der Waals surface area contributed by atoms with E-state index in [-0.39, 0.29) is 18.9 Å². The van der Waals surface area contributed by atoms with Gasteiger partial charge in [-0.15, -0.1) is 0 Å². The molecule has 3 N–H and O–H groups in total. The van der Waals surface area contributed by atoms with Gasteiger partial charge in [-0.3, -0.25) is 15.0 Å². The first-order valence-electron chi connectivity index (χ1n) is 7.94. The van der Waals surface area contributed by atoms with Crippen LogP contribution in [0.2, 0.25) is 5.02 Å². The molecule has 8 nitrogen and oxygen atoms in total. The van der Waals surface area contributed by atoms with Crippen LogP contribution in [0.3, 0.4) is 0 Å². The number of halogens is 1. The van der Waals surface area contributed by atoms with Crippen molar-refractivity contribution in [3.63, 3.8) is 0 Å². The smallest absolute Gasteiger partial charge is 0.337 e. The number of amides is 4. The van der Waals surface area contributed by atoms with Crippen molar-refractivity contribution in [1.82, 2.24) is 15.8 Å². The van der Waals surface area contributed by atoms with Crippen LogP contribution >= 0.6 is 11.6 Å². The van der Waals surface area contributed by atoms with Gasteiger partial charge in [0, 0.05) is 23.7 Å². The molecule has 1 saturated heterocycles. The summed E-state index contributed by atoms with van der Waals surface area (Å²) in [4.78, 5) is 37.5. The molecule has 1 aliphatic heterocycles. The second kappa shape index (κ2) is 7.92. The first-order valence-corrected chi connectivity index (χ1v) is 8.31. The number of rotatable bonds is 4. The fourth-order valence-electron chi connectivity index (χ4n) is 2.61. The highest BCUT2D eigenvalue weighted by molar-refractivity contribution is 6.30. The summed E-state index contributed by atoms with van der Waals surface area (Å²) < 4.78 is 5.21. The van der Waals surface area contributed by atoms with Crippen molar-refractivity contribution in [2.24, 2.45) is 5.92 Å². The van der Waals surface area contributed by atoms with Crippen molar-refractivity contribution < 1.29 is 18.8 Å². The van der Waals surface area contributed by atoms with Crippen LogP contribution in [0.15, 0.2) is 47.1 Å². The molecule has 1 atom stereocenters. The number of hydrazine groups is 1. The summed E-state index contributed by atoms with van der Waals surface area (Å²) in [6.45, 7) is 0.589. The lowest BCUT2D eigenvalue weighted by molar-refractivity contribution is -0.129. The molecule has 4 amide bonds. The van der Waals surface area contributed by atoms with E-state index in [1.165, 1.54) is 6.26 Å². The number of carbonyl (C=O) groups excluding carboxylic acids is 3. The van der Waals surface area contributed by atoms with E-state index in [4.69, 9.17) is 16.0 Å². The molecule has 1 aromatic carbocycles. The van der Waals surface area contributed by atoms with E-state index in [0.717, 1.165) is 0 Å². The highest BCUT2D eigenvalue weighted by Crippen LogP contribution is 2.20. The summed E-state index contributed by atoms with van der Waals surface area (Å²) in [5.41, 5.74) is 5.12. The molecule has 3 rings (SSSR count). The molecule has 0 aliphatic carbocycles. The third-order valence-electron chi connectivity index (χ3n) is 3.91. The van der Waals surface area contributed by atoms with Crippen LogP contribution in [0.4, 0.5) is 10.5 Å². The number of benzene rings is 1. The molecule has 0 bridgehead atoms. The minimum Gasteiger partial charge on any atom is -0.467 e. The Hall–Kier alpha value is -3.00. The van der Waals surface area contributed by atoms with Crippen molar-refractivity contribution in [3.8, 4) is 0 Å². The normalized spacial score (nSPS) is 16.4. The van der Waals surface area contributed by atoms with Gasteiger partial charge in [-0.2, -0.15) is 0 Å². The van der Waals surface area contributed by atoms with E-state index in [1.807, 2.05) is 0 Å². The lowest BCUT2D eigenvalue weighted by Gasteiger charge is -2.15. The average molecular weight is 377 g/mol. The molecule has 26 heavy (non-hydrogen) atoms. The molecule has 1 fully saturated rings. The Labute approximate surface area is 154 Å². The van der Waals surface area contributed by atoms with Gasteiger partial charge in [0.2, 0.25) is 11.8 Å². The summed E-state index contributed by atoms with van der Waals surface area (Å²) in [6.07, 6.45) is 1.62. The molecule has 136 valence electrons. The maximum Gasteiger partial charge on any atom is 0.337 e. The predicted octanol–water partition coefficient (Wildman–Crippen LogP) is 2.13. The number of anilines is 1. The second-order valence-electron chi connectivity index (χ2n) is 5.83. The largest absolute Gasteiger partial charge is 0.467 e. The molecule has 2 heterocycles. The molecule has 9 heteroatoms. The summed E-state index contributed by atoms with van der Waals surface area (Å²) in [5, 5.41) is 3.10. The lowest BCUT2D eigenvalue weighted by Crippen LogP contribution is -2.46. The predicted molar refractivity (Wildman–Crippen MR) is 94.0 cm³/mol. The first-order chi connectivity index (χ1) is 12.5. The number of nitrogens with zero attached hydrogens (tertiary/aromatic N) is 1. The van der Waals surface area contributed by atoms with Gasteiger partial charge in [0.1, 0.15) is 5.76 Å². The molecule has 1 aliphatic rings. The quantitative estimate of drug-likeness (QED) is 0.711. The standard InChI is InChI=1S/C17H17ClN4O4/c18-12-3-5-13(6-4-12)19-17(25)21-20-16(24)11-8-15(23)22(9-11)10-14-2-1-7-26-14/h1-7,11H,8-10H2,(H,20,24)(H2,19,21,25). The summed E-state index contributed by atoms with van der Waals surface area (Å²) in [7, 11) is 0. The Kier molecular flexibility index (Phi) is 5.43. The van der Waals surface area contributed by atoms with E-state index in [2.05, 4.69) is 16.2 Å². The summed E-state index contributed by atoms with van der Waals surface area (Å²) in [6, 6.07) is 9.43. The van der Waals surface area contributed by atoms with Crippen LogP contribution in [0.25, 0.3) is 0 Å². The Balaban J connectivity index is 1.45. The number of hydrogen-bond acceptors (Lipinski definition) is 4. The van der Waals surface area contributed by atoms with Crippen LogP contribution in [-0.4, -0.2) is 29.3 Å². The van der Waals surface area contributed by atoms with Gasteiger partial charge in [0.15, 0.2) is 0 Å². The van der Waals surface area contributed by atoms with Gasteiger partial charge in [-0.05, 0) is 36.4 Å². The monoisotopic (exact) mass is 376 g/mol. The Morgan fingerprint density at radius 3 is 2.65 bits per heavy atom. The zero-order valence-corrected chi connectivity index (χ0v) is 14.5. The number of carbonyl (C=O) groups is 3. The first kappa shape index (κ1) is 17.8. The van der Waals surface area contributed by atoms with Gasteiger partial charge < -0.3 is 14.6 Å². The van der Waals surface area contributed by atoms with Crippen LogP contribution in [0.5, 0.6) is 0 Å². The number of likely N-dealkylation sites (tertiary alicyclic amines) is 1. The highest BCUT2D eigenvalue weighted by Gasteiger charge is 2.34. The lowest BCUT2D eigenvalue weighted by atomic mass is 10.1. The topological polar surface area (TPSA) is 104 Å². The molecule has 1 aromatic heterocycles. The molecular weight excluding hydrogens is 360 g/mol. The van der Waals surface area contributed by atoms with Gasteiger partial charge in [0.05, 0.1) is 18.7 Å². The molecule has 0 saturated carbocycles. The zero-order valence-electron chi connectivity index (χ0n) is 13.7. The van der Waals surface area contributed by atoms with E-state index in [0.29, 0.717) is 23.0 Å². The van der Waals surface area contributed by atoms with Crippen LogP contribution in [0, 0.1) is 5.92 Å². The van der Waals surface area contributed by atoms with Gasteiger partial charge in [-0.1, -0.05) is 11.6 Å². The van der Waals surface area contributed by atoms with Crippen molar-refractivity contribution in [3.05, 3.63) is 53.4 Å². The van der Waals surface area contributed by atoms with Gasteiger partial charge in [-0.25, -0.2) is 10.2 Å². The van der Waals surface area contributed by atoms with Crippen molar-refractivity contribution in [1.29, 1.82) is 0 Å². The third kappa shape index (κ3) is 4.54. The van der Waals surface area contributed by atoms with Crippen molar-refractivity contribution in [2.45, 2.75) is 13.0 Å². The van der Waals surface area contributed by atoms with E-state index >= 15 is 0 Å². The van der Waals surface area contributed by atoms with E-state index in [9.17, 15) is 14.4 Å². The third-order valence-corrected chi connectivity index (χ3v) is 4.17. The number of urea groups is 1. The van der Waals surface area contributed by atoms with Crippen LogP contribution < -0.4 is 16.2 Å². The SMILES string of the molecule is O=C(NNC(=O)C1CC(=O)N(Cc2ccco2)C1)Nc1ccc(Cl)cc1. The minimum absolute atomic E-state index is 0.0903. The maximum absolute atomic E-state index is 12.2. The number of furan rings is 1. The van der Waals surface area contributed by atoms with Gasteiger partial charge >= 0.3 is 6.03 Å². The highest BCUT2D eigenvalue weighted by atomic mass is 35.5. The Morgan fingerprint density at radius 2 is 1.96 bits per heavy atom. The van der Waals surface area contributed by atoms with Gasteiger partial charge in [0.25, 0.3) is 0 Å². The Bertz CT molecular complexity index is 792. The number of nitrogens with one attached hydrogen (secondary N) is 3. The van der Waals surface area contributed by atoms with Crippen molar-refractivity contribution >= 4 is 35.1 Å². The van der Waals surface area contributed by atoms with Crippen LogP contribution in [-0.2, 0) is 16.1 Å². The van der Waals surface area contributed by atoms with Crippen molar-refractivity contribution in [2.75, 3.05) is 11.9 Å². The molecule has 0 radical (unpaired) electrons. The summed E-state index contributed by atoms with van der Waals surface area (Å²) >= 11 is 5.77. The van der Waals surface area contributed by atoms with E-state index in [1.54, 1.807) is 41.3 Å². The molecule has 2 aromatic rings. The molecule has 0 spiro atoms. The fraction of sp³-hybridized carbons (Fsp3) is 0.235. The minimum atomic E-state index is -0.600. The average Bonchev–Trinajstić information content (AvgIpc) is 3.25. The van der Waals surface area contributed by atoms with Crippen LogP contribution in [0.1, 0.15) is 12.2 Å². The molecule has 1 unspecified atom stereocenters.